The van der Waals surface area contributed by atoms with Gasteiger partial charge in [0, 0.05) is 11.6 Å². The minimum Gasteiger partial charge on any atom is -0.493 e. The molecule has 1 saturated carbocycles. The number of alkyl halides is 3. The molecule has 0 spiro atoms. The second-order valence-electron chi connectivity index (χ2n) is 7.52. The number of methoxy groups -OCH3 is 2. The predicted molar refractivity (Wildman–Crippen MR) is 103 cm³/mol. The molecule has 1 aromatic carbocycles. The number of carbonyl (C=O) groups is 3. The Kier molecular flexibility index (Phi) is 6.33. The molecule has 4 amide bonds. The second-order valence-corrected chi connectivity index (χ2v) is 7.52. The number of ether oxygens (including phenoxy) is 2. The summed E-state index contributed by atoms with van der Waals surface area (Å²) in [4.78, 5) is 38.7. The highest BCUT2D eigenvalue weighted by molar-refractivity contribution is 6.10. The van der Waals surface area contributed by atoms with Crippen molar-refractivity contribution in [3.8, 4) is 11.5 Å². The van der Waals surface area contributed by atoms with Crippen LogP contribution in [-0.2, 0) is 4.79 Å². The summed E-state index contributed by atoms with van der Waals surface area (Å²) in [5.41, 5.74) is -3.74. The Morgan fingerprint density at radius 2 is 1.71 bits per heavy atom. The second kappa shape index (κ2) is 8.64. The number of carbonyl (C=O) groups excluding carboxylic acids is 3. The summed E-state index contributed by atoms with van der Waals surface area (Å²) >= 11 is 0. The molecular weight excluding hydrogens is 419 g/mol. The fourth-order valence-corrected chi connectivity index (χ4v) is 3.96. The van der Waals surface area contributed by atoms with Crippen LogP contribution in [0.4, 0.5) is 18.0 Å². The minimum absolute atomic E-state index is 0.123. The predicted octanol–water partition coefficient (Wildman–Crippen LogP) is 2.97. The molecule has 1 aliphatic carbocycles. The highest BCUT2D eigenvalue weighted by Crippen LogP contribution is 2.37. The quantitative estimate of drug-likeness (QED) is 0.539. The molecule has 0 radical (unpaired) electrons. The molecule has 0 unspecified atom stereocenters. The summed E-state index contributed by atoms with van der Waals surface area (Å²) in [5, 5.41) is 3.42. The molecule has 2 aliphatic rings. The standard InChI is InChI=1S/C20H24F3N3O5/c1-30-14-10-9-12(11-15(14)31-2)16(27)24-19(20(21,22)23)17(28)26(18(29)25-19)13-7-5-3-4-6-8-13/h9-11,13H,3-8H2,1-2H3,(H,24,27)(H,25,29)/t19-/m0/s1. The molecule has 1 aromatic rings. The normalized spacial score (nSPS) is 22.7. The summed E-state index contributed by atoms with van der Waals surface area (Å²) in [6.45, 7) is 0. The van der Waals surface area contributed by atoms with Crippen molar-refractivity contribution >= 4 is 17.8 Å². The number of hydrogen-bond donors (Lipinski definition) is 2. The largest absolute Gasteiger partial charge is 0.493 e. The van der Waals surface area contributed by atoms with Crippen LogP contribution in [0.25, 0.3) is 0 Å². The number of nitrogens with zero attached hydrogens (tertiary/aromatic N) is 1. The van der Waals surface area contributed by atoms with Crippen LogP contribution in [0.5, 0.6) is 11.5 Å². The van der Waals surface area contributed by atoms with Crippen molar-refractivity contribution in [3.63, 3.8) is 0 Å². The Balaban J connectivity index is 1.92. The number of urea groups is 1. The Hall–Kier alpha value is -2.98. The van der Waals surface area contributed by atoms with E-state index in [1.807, 2.05) is 0 Å². The molecule has 31 heavy (non-hydrogen) atoms. The van der Waals surface area contributed by atoms with Crippen LogP contribution in [0.1, 0.15) is 48.9 Å². The summed E-state index contributed by atoms with van der Waals surface area (Å²) in [6, 6.07) is 1.95. The lowest BCUT2D eigenvalue weighted by Crippen LogP contribution is -2.69. The van der Waals surface area contributed by atoms with Crippen molar-refractivity contribution in [3.05, 3.63) is 23.8 Å². The first-order chi connectivity index (χ1) is 14.6. The van der Waals surface area contributed by atoms with Crippen LogP contribution in [-0.4, -0.2) is 54.8 Å². The van der Waals surface area contributed by atoms with Crippen molar-refractivity contribution in [1.82, 2.24) is 15.5 Å². The van der Waals surface area contributed by atoms with Gasteiger partial charge in [-0.05, 0) is 31.0 Å². The number of rotatable bonds is 5. The average molecular weight is 443 g/mol. The van der Waals surface area contributed by atoms with Crippen LogP contribution in [0.2, 0.25) is 0 Å². The van der Waals surface area contributed by atoms with Gasteiger partial charge < -0.3 is 14.8 Å². The van der Waals surface area contributed by atoms with Crippen LogP contribution in [0, 0.1) is 0 Å². The van der Waals surface area contributed by atoms with Gasteiger partial charge in [0.1, 0.15) is 0 Å². The first-order valence-electron chi connectivity index (χ1n) is 9.91. The maximum Gasteiger partial charge on any atom is 0.440 e. The molecule has 2 fully saturated rings. The van der Waals surface area contributed by atoms with Crippen molar-refractivity contribution in [2.75, 3.05) is 14.2 Å². The van der Waals surface area contributed by atoms with Gasteiger partial charge in [0.25, 0.3) is 17.5 Å². The van der Waals surface area contributed by atoms with Gasteiger partial charge in [0.15, 0.2) is 11.5 Å². The van der Waals surface area contributed by atoms with Crippen LogP contribution in [0.3, 0.4) is 0 Å². The molecule has 11 heteroatoms. The molecule has 2 N–H and O–H groups in total. The zero-order valence-corrected chi connectivity index (χ0v) is 17.2. The maximum absolute atomic E-state index is 14.1. The Morgan fingerprint density at radius 1 is 1.10 bits per heavy atom. The molecule has 1 aliphatic heterocycles. The highest BCUT2D eigenvalue weighted by Gasteiger charge is 2.69. The zero-order valence-electron chi connectivity index (χ0n) is 17.2. The third-order valence-corrected chi connectivity index (χ3v) is 5.61. The Bertz CT molecular complexity index is 868. The Labute approximate surface area is 177 Å². The van der Waals surface area contributed by atoms with Gasteiger partial charge in [-0.1, -0.05) is 25.7 Å². The lowest BCUT2D eigenvalue weighted by molar-refractivity contribution is -0.200. The van der Waals surface area contributed by atoms with Crippen molar-refractivity contribution in [2.45, 2.75) is 56.4 Å². The summed E-state index contributed by atoms with van der Waals surface area (Å²) in [7, 11) is 2.67. The van der Waals surface area contributed by atoms with Crippen molar-refractivity contribution in [2.24, 2.45) is 0 Å². The molecule has 1 atom stereocenters. The van der Waals surface area contributed by atoms with E-state index in [1.54, 1.807) is 10.6 Å². The van der Waals surface area contributed by atoms with E-state index in [2.05, 4.69) is 0 Å². The van der Waals surface area contributed by atoms with Gasteiger partial charge in [-0.15, -0.1) is 0 Å². The monoisotopic (exact) mass is 443 g/mol. The van der Waals surface area contributed by atoms with Crippen LogP contribution < -0.4 is 20.1 Å². The van der Waals surface area contributed by atoms with Gasteiger partial charge in [-0.2, -0.15) is 13.2 Å². The van der Waals surface area contributed by atoms with E-state index >= 15 is 0 Å². The fraction of sp³-hybridized carbons (Fsp3) is 0.550. The van der Waals surface area contributed by atoms with Crippen molar-refractivity contribution < 1.29 is 37.0 Å². The smallest absolute Gasteiger partial charge is 0.440 e. The van der Waals surface area contributed by atoms with Gasteiger partial charge >= 0.3 is 12.2 Å². The van der Waals surface area contributed by atoms with Crippen molar-refractivity contribution in [1.29, 1.82) is 0 Å². The van der Waals surface area contributed by atoms with E-state index in [-0.39, 0.29) is 17.1 Å². The van der Waals surface area contributed by atoms with E-state index < -0.39 is 35.7 Å². The molecule has 1 saturated heterocycles. The van der Waals surface area contributed by atoms with Gasteiger partial charge in [0.05, 0.1) is 14.2 Å². The van der Waals surface area contributed by atoms with E-state index in [0.717, 1.165) is 12.8 Å². The van der Waals surface area contributed by atoms with E-state index in [4.69, 9.17) is 9.47 Å². The zero-order chi connectivity index (χ0) is 22.8. The minimum atomic E-state index is -5.26. The molecule has 8 nitrogen and oxygen atoms in total. The lowest BCUT2D eigenvalue weighted by Gasteiger charge is -2.31. The van der Waals surface area contributed by atoms with Gasteiger partial charge in [-0.25, -0.2) is 4.79 Å². The third kappa shape index (κ3) is 4.13. The summed E-state index contributed by atoms with van der Waals surface area (Å²) in [6.07, 6.45) is -1.21. The molecule has 170 valence electrons. The lowest BCUT2D eigenvalue weighted by atomic mass is 10.0. The van der Waals surface area contributed by atoms with Crippen LogP contribution >= 0.6 is 0 Å². The molecule has 3 rings (SSSR count). The topological polar surface area (TPSA) is 97.0 Å². The highest BCUT2D eigenvalue weighted by atomic mass is 19.4. The first kappa shape index (κ1) is 22.7. The number of imide groups is 1. The molecular formula is C20H24F3N3O5. The molecule has 1 heterocycles. The van der Waals surface area contributed by atoms with E-state index in [1.165, 1.54) is 32.4 Å². The fourth-order valence-electron chi connectivity index (χ4n) is 3.96. The van der Waals surface area contributed by atoms with Gasteiger partial charge in [0.2, 0.25) is 0 Å². The van der Waals surface area contributed by atoms with Crippen LogP contribution in [0.15, 0.2) is 18.2 Å². The summed E-state index contributed by atoms with van der Waals surface area (Å²) in [5.74, 6) is -2.33. The third-order valence-electron chi connectivity index (χ3n) is 5.61. The average Bonchev–Trinajstić information content (AvgIpc) is 2.90. The number of hydrogen-bond acceptors (Lipinski definition) is 5. The van der Waals surface area contributed by atoms with E-state index in [9.17, 15) is 27.6 Å². The summed E-state index contributed by atoms with van der Waals surface area (Å²) < 4.78 is 52.3. The number of halogens is 3. The van der Waals surface area contributed by atoms with Gasteiger partial charge in [-0.3, -0.25) is 19.8 Å². The number of nitrogens with one attached hydrogen (secondary N) is 2. The number of benzene rings is 1. The molecule has 0 aromatic heterocycles. The SMILES string of the molecule is COc1ccc(C(=O)N[C@]2(C(F)(F)F)NC(=O)N(C3CCCCCC3)C2=O)cc1OC. The number of amides is 4. The Morgan fingerprint density at radius 3 is 2.26 bits per heavy atom. The molecule has 0 bridgehead atoms. The first-order valence-corrected chi connectivity index (χ1v) is 9.91. The maximum atomic E-state index is 14.1. The van der Waals surface area contributed by atoms with E-state index in [0.29, 0.717) is 30.6 Å².